The molecule has 1 amide bonds. The molecule has 0 fully saturated rings. The summed E-state index contributed by atoms with van der Waals surface area (Å²) in [6, 6.07) is 14.9. The number of aromatic nitrogens is 2. The first-order valence-corrected chi connectivity index (χ1v) is 7.58. The summed E-state index contributed by atoms with van der Waals surface area (Å²) in [6.07, 6.45) is 1.40. The number of hydrogen-bond acceptors (Lipinski definition) is 5. The number of rotatable bonds is 4. The van der Waals surface area contributed by atoms with Crippen LogP contribution in [0.25, 0.3) is 0 Å². The van der Waals surface area contributed by atoms with Crippen LogP contribution in [0.4, 0.5) is 16.5 Å². The van der Waals surface area contributed by atoms with Gasteiger partial charge in [-0.05, 0) is 29.6 Å². The molecular weight excluding hydrogens is 296 g/mol. The monoisotopic (exact) mass is 310 g/mol. The molecule has 0 saturated carbocycles. The Morgan fingerprint density at radius 2 is 1.95 bits per heavy atom. The number of amides is 1. The Morgan fingerprint density at radius 1 is 1.14 bits per heavy atom. The van der Waals surface area contributed by atoms with Crippen molar-refractivity contribution < 1.29 is 4.79 Å². The smallest absolute Gasteiger partial charge is 0.274 e. The zero-order chi connectivity index (χ0) is 15.4. The number of carbonyl (C=O) groups is 1. The summed E-state index contributed by atoms with van der Waals surface area (Å²) in [7, 11) is 1.91. The van der Waals surface area contributed by atoms with E-state index in [-0.39, 0.29) is 5.91 Å². The molecular formula is C16H14N4OS. The van der Waals surface area contributed by atoms with E-state index in [1.54, 1.807) is 17.4 Å². The average molecular weight is 310 g/mol. The van der Waals surface area contributed by atoms with Crippen molar-refractivity contribution in [3.05, 3.63) is 65.9 Å². The molecule has 0 aliphatic carbocycles. The molecule has 6 heteroatoms. The number of benzene rings is 1. The molecule has 1 N–H and O–H groups in total. The number of hydrogen-bond donors (Lipinski definition) is 1. The van der Waals surface area contributed by atoms with E-state index in [9.17, 15) is 4.79 Å². The van der Waals surface area contributed by atoms with Crippen LogP contribution in [0.2, 0.25) is 0 Å². The lowest BCUT2D eigenvalue weighted by molar-refractivity contribution is 0.102. The lowest BCUT2D eigenvalue weighted by atomic mass is 10.3. The van der Waals surface area contributed by atoms with Gasteiger partial charge in [0, 0.05) is 18.8 Å². The number of nitrogens with one attached hydrogen (secondary N) is 1. The summed E-state index contributed by atoms with van der Waals surface area (Å²) in [6.45, 7) is 0. The highest BCUT2D eigenvalue weighted by molar-refractivity contribution is 7.14. The van der Waals surface area contributed by atoms with Crippen molar-refractivity contribution in [2.45, 2.75) is 0 Å². The van der Waals surface area contributed by atoms with Crippen LogP contribution >= 0.6 is 11.3 Å². The molecule has 3 rings (SSSR count). The summed E-state index contributed by atoms with van der Waals surface area (Å²) >= 11 is 1.61. The van der Waals surface area contributed by atoms with E-state index < -0.39 is 0 Å². The molecule has 2 aromatic heterocycles. The summed E-state index contributed by atoms with van der Waals surface area (Å²) in [5.74, 6) is 0.421. The van der Waals surface area contributed by atoms with Crippen LogP contribution in [-0.4, -0.2) is 22.9 Å². The first kappa shape index (κ1) is 14.2. The highest BCUT2D eigenvalue weighted by Gasteiger charge is 2.12. The Labute approximate surface area is 132 Å². The molecule has 0 atom stereocenters. The van der Waals surface area contributed by atoms with Gasteiger partial charge in [-0.3, -0.25) is 4.79 Å². The van der Waals surface area contributed by atoms with Crippen molar-refractivity contribution in [1.82, 2.24) is 9.97 Å². The molecule has 2 heterocycles. The normalized spacial score (nSPS) is 10.2. The Morgan fingerprint density at radius 3 is 2.68 bits per heavy atom. The van der Waals surface area contributed by atoms with Crippen LogP contribution in [0.15, 0.2) is 60.2 Å². The van der Waals surface area contributed by atoms with Gasteiger partial charge in [-0.1, -0.05) is 18.2 Å². The molecule has 0 saturated heterocycles. The lowest BCUT2D eigenvalue weighted by Gasteiger charge is -2.16. The second-order valence-electron chi connectivity index (χ2n) is 4.59. The highest BCUT2D eigenvalue weighted by Crippen LogP contribution is 2.26. The van der Waals surface area contributed by atoms with Gasteiger partial charge in [0.1, 0.15) is 17.8 Å². The van der Waals surface area contributed by atoms with Crippen LogP contribution in [0.5, 0.6) is 0 Å². The van der Waals surface area contributed by atoms with Crippen LogP contribution in [0, 0.1) is 0 Å². The van der Waals surface area contributed by atoms with Crippen LogP contribution in [0.1, 0.15) is 10.5 Å². The van der Waals surface area contributed by atoms with Crippen molar-refractivity contribution in [2.75, 3.05) is 17.3 Å². The van der Waals surface area contributed by atoms with Gasteiger partial charge >= 0.3 is 0 Å². The number of anilines is 3. The standard InChI is InChI=1S/C16H14N4OS/c1-20(15-8-5-9-22-15)14-10-13(17-11-18-14)16(21)19-12-6-3-2-4-7-12/h2-11H,1H3,(H,19,21). The number of carbonyl (C=O) groups excluding carboxylic acids is 1. The summed E-state index contributed by atoms with van der Waals surface area (Å²) in [5.41, 5.74) is 1.07. The zero-order valence-electron chi connectivity index (χ0n) is 11.9. The van der Waals surface area contributed by atoms with Gasteiger partial charge in [0.15, 0.2) is 0 Å². The van der Waals surface area contributed by atoms with Crippen molar-refractivity contribution in [3.63, 3.8) is 0 Å². The SMILES string of the molecule is CN(c1cc(C(=O)Nc2ccccc2)ncn1)c1cccs1. The maximum atomic E-state index is 12.3. The Bertz CT molecular complexity index is 759. The van der Waals surface area contributed by atoms with Gasteiger partial charge < -0.3 is 10.2 Å². The van der Waals surface area contributed by atoms with Crippen molar-refractivity contribution >= 4 is 33.8 Å². The third kappa shape index (κ3) is 3.12. The molecule has 22 heavy (non-hydrogen) atoms. The minimum Gasteiger partial charge on any atom is -0.321 e. The number of para-hydroxylation sites is 1. The van der Waals surface area contributed by atoms with Crippen LogP contribution < -0.4 is 10.2 Å². The molecule has 0 radical (unpaired) electrons. The predicted octanol–water partition coefficient (Wildman–Crippen LogP) is 3.56. The van der Waals surface area contributed by atoms with Crippen LogP contribution in [-0.2, 0) is 0 Å². The van der Waals surface area contributed by atoms with Crippen molar-refractivity contribution in [2.24, 2.45) is 0 Å². The van der Waals surface area contributed by atoms with E-state index in [1.807, 2.05) is 59.8 Å². The number of nitrogens with zero attached hydrogens (tertiary/aromatic N) is 3. The maximum Gasteiger partial charge on any atom is 0.274 e. The van der Waals surface area contributed by atoms with Gasteiger partial charge in [0.25, 0.3) is 5.91 Å². The molecule has 0 unspecified atom stereocenters. The molecule has 110 valence electrons. The third-order valence-electron chi connectivity index (χ3n) is 3.10. The minimum absolute atomic E-state index is 0.255. The second-order valence-corrected chi connectivity index (χ2v) is 5.52. The molecule has 0 bridgehead atoms. The molecule has 3 aromatic rings. The Hall–Kier alpha value is -2.73. The first-order chi connectivity index (χ1) is 10.7. The topological polar surface area (TPSA) is 58.1 Å². The van der Waals surface area contributed by atoms with Gasteiger partial charge in [0.05, 0.1) is 5.00 Å². The predicted molar refractivity (Wildman–Crippen MR) is 88.8 cm³/mol. The summed E-state index contributed by atoms with van der Waals surface area (Å²) < 4.78 is 0. The summed E-state index contributed by atoms with van der Waals surface area (Å²) in [4.78, 5) is 22.5. The minimum atomic E-state index is -0.255. The van der Waals surface area contributed by atoms with E-state index in [0.29, 0.717) is 11.5 Å². The summed E-state index contributed by atoms with van der Waals surface area (Å²) in [5, 5.41) is 5.86. The molecule has 5 nitrogen and oxygen atoms in total. The maximum absolute atomic E-state index is 12.3. The van der Waals surface area contributed by atoms with E-state index in [2.05, 4.69) is 15.3 Å². The largest absolute Gasteiger partial charge is 0.321 e. The number of thiophene rings is 1. The first-order valence-electron chi connectivity index (χ1n) is 6.70. The van der Waals surface area contributed by atoms with Crippen LogP contribution in [0.3, 0.4) is 0 Å². The lowest BCUT2D eigenvalue weighted by Crippen LogP contribution is -2.16. The van der Waals surface area contributed by atoms with Crippen molar-refractivity contribution in [3.8, 4) is 0 Å². The highest BCUT2D eigenvalue weighted by atomic mass is 32.1. The molecule has 0 spiro atoms. The molecule has 0 aliphatic rings. The van der Waals surface area contributed by atoms with E-state index in [0.717, 1.165) is 10.7 Å². The zero-order valence-corrected chi connectivity index (χ0v) is 12.7. The van der Waals surface area contributed by atoms with Gasteiger partial charge in [-0.15, -0.1) is 11.3 Å². The fraction of sp³-hybridized carbons (Fsp3) is 0.0625. The van der Waals surface area contributed by atoms with E-state index >= 15 is 0 Å². The second kappa shape index (κ2) is 6.36. The van der Waals surface area contributed by atoms with Crippen molar-refractivity contribution in [1.29, 1.82) is 0 Å². The fourth-order valence-electron chi connectivity index (χ4n) is 1.94. The van der Waals surface area contributed by atoms with E-state index in [1.165, 1.54) is 6.33 Å². The molecule has 1 aromatic carbocycles. The van der Waals surface area contributed by atoms with Gasteiger partial charge in [0.2, 0.25) is 0 Å². The van der Waals surface area contributed by atoms with Gasteiger partial charge in [-0.2, -0.15) is 0 Å². The van der Waals surface area contributed by atoms with Gasteiger partial charge in [-0.25, -0.2) is 9.97 Å². The quantitative estimate of drug-likeness (QED) is 0.800. The third-order valence-corrected chi connectivity index (χ3v) is 4.04. The fourth-order valence-corrected chi connectivity index (χ4v) is 2.65. The Kier molecular flexibility index (Phi) is 4.11. The molecule has 0 aliphatic heterocycles. The Balaban J connectivity index is 1.80. The average Bonchev–Trinajstić information content (AvgIpc) is 3.09. The van der Waals surface area contributed by atoms with E-state index in [4.69, 9.17) is 0 Å².